The molecule has 0 heterocycles. The van der Waals surface area contributed by atoms with Crippen LogP contribution in [0.1, 0.15) is 25.7 Å². The molecule has 3 aromatic rings. The third kappa shape index (κ3) is 2.90. The first-order valence-corrected chi connectivity index (χ1v) is 12.9. The van der Waals surface area contributed by atoms with E-state index in [-0.39, 0.29) is 0 Å². The monoisotopic (exact) mass is 380 g/mol. The minimum atomic E-state index is -3.03. The van der Waals surface area contributed by atoms with Crippen molar-refractivity contribution >= 4 is 33.1 Å². The van der Waals surface area contributed by atoms with Gasteiger partial charge in [-0.2, -0.15) is 0 Å². The Morgan fingerprint density at radius 1 is 0.615 bits per heavy atom. The first kappa shape index (κ1) is 17.8. The van der Waals surface area contributed by atoms with Gasteiger partial charge in [0.1, 0.15) is 0 Å². The predicted octanol–water partition coefficient (Wildman–Crippen LogP) is 5.86. The second-order valence-electron chi connectivity index (χ2n) is 7.52. The third-order valence-electron chi connectivity index (χ3n) is 5.96. The van der Waals surface area contributed by atoms with Gasteiger partial charge in [0, 0.05) is 0 Å². The van der Waals surface area contributed by atoms with Gasteiger partial charge >= 0.3 is 162 Å². The zero-order valence-electron chi connectivity index (χ0n) is 15.1. The van der Waals surface area contributed by atoms with E-state index in [2.05, 4.69) is 91.0 Å². The molecule has 0 radical (unpaired) electrons. The molecule has 0 spiro atoms. The standard InChI is InChI=1S/C24H26ClP/c25-26(20-21-12-10-11-13-21,22-14-4-1-5-15-22,23-16-6-2-7-17-23)24-18-8-3-9-19-24/h1-9,14-19,21H,10-13,20H2. The summed E-state index contributed by atoms with van der Waals surface area (Å²) in [4.78, 5) is 0. The number of rotatable bonds is 5. The summed E-state index contributed by atoms with van der Waals surface area (Å²) in [5.74, 6) is -2.33. The van der Waals surface area contributed by atoms with E-state index in [4.69, 9.17) is 11.2 Å². The van der Waals surface area contributed by atoms with Gasteiger partial charge in [-0.05, 0) is 0 Å². The van der Waals surface area contributed by atoms with Gasteiger partial charge < -0.3 is 0 Å². The van der Waals surface area contributed by atoms with E-state index in [1.54, 1.807) is 0 Å². The second kappa shape index (κ2) is 7.18. The molecule has 4 rings (SSSR count). The summed E-state index contributed by atoms with van der Waals surface area (Å²) in [5.41, 5.74) is 0. The summed E-state index contributed by atoms with van der Waals surface area (Å²) in [6.07, 6.45) is 6.35. The molecule has 0 nitrogen and oxygen atoms in total. The van der Waals surface area contributed by atoms with Gasteiger partial charge in [0.15, 0.2) is 0 Å². The molecule has 1 saturated carbocycles. The Morgan fingerprint density at radius 3 is 1.31 bits per heavy atom. The van der Waals surface area contributed by atoms with Gasteiger partial charge in [-0.15, -0.1) is 0 Å². The summed E-state index contributed by atoms with van der Waals surface area (Å²) in [6.45, 7) is 0. The Bertz CT molecular complexity index is 740. The van der Waals surface area contributed by atoms with Crippen molar-refractivity contribution in [1.29, 1.82) is 0 Å². The fraction of sp³-hybridized carbons (Fsp3) is 0.250. The minimum absolute atomic E-state index is 0.700. The van der Waals surface area contributed by atoms with Crippen molar-refractivity contribution in [2.24, 2.45) is 5.92 Å². The normalized spacial score (nSPS) is 16.9. The molecule has 3 aromatic carbocycles. The molecule has 2 heteroatoms. The molecular weight excluding hydrogens is 355 g/mol. The van der Waals surface area contributed by atoms with E-state index in [0.717, 1.165) is 6.16 Å². The van der Waals surface area contributed by atoms with E-state index in [1.807, 2.05) is 0 Å². The van der Waals surface area contributed by atoms with Gasteiger partial charge in [-0.25, -0.2) is 0 Å². The Hall–Kier alpha value is -1.62. The molecule has 0 unspecified atom stereocenters. The molecule has 1 fully saturated rings. The molecule has 1 aliphatic carbocycles. The Labute approximate surface area is 161 Å². The Balaban J connectivity index is 2.03. The van der Waals surface area contributed by atoms with Crippen LogP contribution in [0.3, 0.4) is 0 Å². The first-order valence-electron chi connectivity index (χ1n) is 9.61. The maximum atomic E-state index is 8.08. The van der Waals surface area contributed by atoms with Gasteiger partial charge in [0.2, 0.25) is 0 Å². The van der Waals surface area contributed by atoms with Crippen molar-refractivity contribution in [3.63, 3.8) is 0 Å². The average molecular weight is 381 g/mol. The molecule has 0 aromatic heterocycles. The number of halogens is 1. The summed E-state index contributed by atoms with van der Waals surface area (Å²) >= 11 is 8.08. The van der Waals surface area contributed by atoms with Crippen molar-refractivity contribution in [2.45, 2.75) is 25.7 Å². The van der Waals surface area contributed by atoms with E-state index in [1.165, 1.54) is 41.6 Å². The number of benzene rings is 3. The second-order valence-corrected chi connectivity index (χ2v) is 14.0. The Kier molecular flexibility index (Phi) is 4.91. The molecule has 0 saturated heterocycles. The molecule has 0 N–H and O–H groups in total. The van der Waals surface area contributed by atoms with Crippen LogP contribution >= 0.6 is 17.2 Å². The molecule has 134 valence electrons. The van der Waals surface area contributed by atoms with Gasteiger partial charge in [-0.1, -0.05) is 0 Å². The van der Waals surface area contributed by atoms with Crippen molar-refractivity contribution in [3.05, 3.63) is 91.0 Å². The Morgan fingerprint density at radius 2 is 0.962 bits per heavy atom. The van der Waals surface area contributed by atoms with E-state index >= 15 is 0 Å². The molecule has 0 aliphatic heterocycles. The van der Waals surface area contributed by atoms with E-state index < -0.39 is 5.96 Å². The average Bonchev–Trinajstić information content (AvgIpc) is 3.23. The van der Waals surface area contributed by atoms with Crippen molar-refractivity contribution in [1.82, 2.24) is 0 Å². The van der Waals surface area contributed by atoms with E-state index in [9.17, 15) is 0 Å². The summed E-state index contributed by atoms with van der Waals surface area (Å²) in [6, 6.07) is 32.6. The molecule has 0 atom stereocenters. The quantitative estimate of drug-likeness (QED) is 0.486. The topological polar surface area (TPSA) is 0 Å². The van der Waals surface area contributed by atoms with Crippen LogP contribution in [0.25, 0.3) is 0 Å². The fourth-order valence-corrected chi connectivity index (χ4v) is 11.5. The van der Waals surface area contributed by atoms with E-state index in [0.29, 0.717) is 5.92 Å². The maximum absolute atomic E-state index is 8.08. The molecule has 0 amide bonds. The van der Waals surface area contributed by atoms with Gasteiger partial charge in [0.25, 0.3) is 0 Å². The first-order chi connectivity index (χ1) is 12.7. The van der Waals surface area contributed by atoms with Crippen molar-refractivity contribution in [2.75, 3.05) is 6.16 Å². The fourth-order valence-electron chi connectivity index (χ4n) is 4.66. The van der Waals surface area contributed by atoms with Gasteiger partial charge in [-0.3, -0.25) is 0 Å². The third-order valence-corrected chi connectivity index (χ3v) is 13.5. The van der Waals surface area contributed by atoms with Gasteiger partial charge in [0.05, 0.1) is 0 Å². The van der Waals surface area contributed by atoms with Crippen LogP contribution < -0.4 is 15.9 Å². The zero-order valence-corrected chi connectivity index (χ0v) is 16.7. The molecule has 0 bridgehead atoms. The number of hydrogen-bond acceptors (Lipinski definition) is 0. The van der Waals surface area contributed by atoms with Crippen LogP contribution in [0.4, 0.5) is 0 Å². The van der Waals surface area contributed by atoms with Crippen LogP contribution in [-0.2, 0) is 0 Å². The summed E-state index contributed by atoms with van der Waals surface area (Å²) < 4.78 is 0. The van der Waals surface area contributed by atoms with Crippen LogP contribution in [0.5, 0.6) is 0 Å². The summed E-state index contributed by atoms with van der Waals surface area (Å²) in [5, 5.41) is 3.89. The molecular formula is C24H26ClP. The van der Waals surface area contributed by atoms with Crippen molar-refractivity contribution in [3.8, 4) is 0 Å². The molecule has 26 heavy (non-hydrogen) atoms. The summed E-state index contributed by atoms with van der Waals surface area (Å²) in [7, 11) is 0. The predicted molar refractivity (Wildman–Crippen MR) is 118 cm³/mol. The SMILES string of the molecule is ClP(CC1CCCC1)(c1ccccc1)(c1ccccc1)c1ccccc1. The molecule has 1 aliphatic rings. The zero-order chi connectivity index (χ0) is 17.9. The van der Waals surface area contributed by atoms with Crippen LogP contribution in [0.2, 0.25) is 0 Å². The van der Waals surface area contributed by atoms with Crippen LogP contribution in [0, 0.1) is 5.92 Å². The number of hydrogen-bond donors (Lipinski definition) is 0. The van der Waals surface area contributed by atoms with Crippen LogP contribution in [0.15, 0.2) is 91.0 Å². The van der Waals surface area contributed by atoms with Crippen LogP contribution in [-0.4, -0.2) is 6.16 Å². The van der Waals surface area contributed by atoms with Crippen molar-refractivity contribution < 1.29 is 0 Å².